The molecule has 0 aliphatic rings. The van der Waals surface area contributed by atoms with E-state index in [-0.39, 0.29) is 15.6 Å². The van der Waals surface area contributed by atoms with Crippen LogP contribution in [-0.4, -0.2) is 17.0 Å². The Balaban J connectivity index is 2.63. The van der Waals surface area contributed by atoms with Crippen molar-refractivity contribution in [3.63, 3.8) is 0 Å². The molecule has 25 heavy (non-hydrogen) atoms. The molecule has 0 saturated carbocycles. The standard InChI is InChI=1S/C17H13Br4NO3/c1-6-4-7(2)15(8(3)5-6)22-16(23)9-10(17(24)25)12(19)14(21)13(20)11(9)18/h4-5H,1-3H3,(H,22,23)(H,24,25). The summed E-state index contributed by atoms with van der Waals surface area (Å²) in [5, 5.41) is 12.4. The Morgan fingerprint density at radius 1 is 0.840 bits per heavy atom. The molecule has 4 nitrogen and oxygen atoms in total. The summed E-state index contributed by atoms with van der Waals surface area (Å²) < 4.78 is 1.71. The minimum atomic E-state index is -1.21. The van der Waals surface area contributed by atoms with Gasteiger partial charge in [-0.2, -0.15) is 0 Å². The van der Waals surface area contributed by atoms with Gasteiger partial charge in [0, 0.05) is 23.6 Å². The molecule has 0 unspecified atom stereocenters. The van der Waals surface area contributed by atoms with Crippen molar-refractivity contribution in [3.05, 3.63) is 57.8 Å². The Hall–Kier alpha value is -0.700. The molecule has 1 amide bonds. The number of benzene rings is 2. The fraction of sp³-hybridized carbons (Fsp3) is 0.176. The molecule has 0 spiro atoms. The minimum Gasteiger partial charge on any atom is -0.478 e. The van der Waals surface area contributed by atoms with Gasteiger partial charge in [0.1, 0.15) is 0 Å². The van der Waals surface area contributed by atoms with Crippen LogP contribution in [0.3, 0.4) is 0 Å². The van der Waals surface area contributed by atoms with Gasteiger partial charge in [-0.1, -0.05) is 17.7 Å². The highest BCUT2D eigenvalue weighted by molar-refractivity contribution is 9.15. The van der Waals surface area contributed by atoms with Crippen LogP contribution in [0.4, 0.5) is 5.69 Å². The van der Waals surface area contributed by atoms with E-state index in [1.165, 1.54) is 0 Å². The van der Waals surface area contributed by atoms with Crippen LogP contribution in [0.2, 0.25) is 0 Å². The number of halogens is 4. The Bertz CT molecular complexity index is 886. The van der Waals surface area contributed by atoms with E-state index in [2.05, 4.69) is 69.0 Å². The zero-order valence-corrected chi connectivity index (χ0v) is 19.8. The molecule has 0 radical (unpaired) electrons. The fourth-order valence-corrected chi connectivity index (χ4v) is 5.07. The number of aryl methyl sites for hydroxylation is 3. The van der Waals surface area contributed by atoms with E-state index in [0.29, 0.717) is 19.1 Å². The topological polar surface area (TPSA) is 66.4 Å². The van der Waals surface area contributed by atoms with Gasteiger partial charge in [0.15, 0.2) is 0 Å². The molecule has 2 aromatic rings. The number of anilines is 1. The zero-order valence-electron chi connectivity index (χ0n) is 13.4. The second kappa shape index (κ2) is 7.90. The highest BCUT2D eigenvalue weighted by atomic mass is 79.9. The summed E-state index contributed by atoms with van der Waals surface area (Å²) in [5.41, 5.74) is 3.50. The van der Waals surface area contributed by atoms with Crippen molar-refractivity contribution in [1.29, 1.82) is 0 Å². The SMILES string of the molecule is Cc1cc(C)c(NC(=O)c2c(Br)c(Br)c(Br)c(Br)c2C(=O)O)c(C)c1. The summed E-state index contributed by atoms with van der Waals surface area (Å²) in [6, 6.07) is 3.92. The maximum atomic E-state index is 12.9. The molecule has 0 saturated heterocycles. The first kappa shape index (κ1) is 20.6. The smallest absolute Gasteiger partial charge is 0.337 e. The Labute approximate surface area is 178 Å². The monoisotopic (exact) mass is 595 g/mol. The van der Waals surface area contributed by atoms with E-state index in [1.54, 1.807) is 0 Å². The van der Waals surface area contributed by atoms with Crippen LogP contribution in [0.15, 0.2) is 30.0 Å². The molecule has 0 atom stereocenters. The van der Waals surface area contributed by atoms with Crippen molar-refractivity contribution < 1.29 is 14.7 Å². The van der Waals surface area contributed by atoms with Crippen LogP contribution >= 0.6 is 63.7 Å². The maximum Gasteiger partial charge on any atom is 0.337 e. The number of amides is 1. The normalized spacial score (nSPS) is 10.7. The Kier molecular flexibility index (Phi) is 6.51. The predicted octanol–water partition coefficient (Wildman–Crippen LogP) is 6.61. The van der Waals surface area contributed by atoms with Gasteiger partial charge >= 0.3 is 5.97 Å². The van der Waals surface area contributed by atoms with Crippen molar-refractivity contribution in [1.82, 2.24) is 0 Å². The summed E-state index contributed by atoms with van der Waals surface area (Å²) in [7, 11) is 0. The number of hydrogen-bond donors (Lipinski definition) is 2. The second-order valence-corrected chi connectivity index (χ2v) is 8.71. The van der Waals surface area contributed by atoms with Gasteiger partial charge in [-0.25, -0.2) is 4.79 Å². The fourth-order valence-electron chi connectivity index (χ4n) is 2.60. The van der Waals surface area contributed by atoms with Crippen molar-refractivity contribution in [3.8, 4) is 0 Å². The molecule has 132 valence electrons. The number of rotatable bonds is 3. The number of aromatic carboxylic acids is 1. The number of carboxylic acids is 1. The molecule has 2 N–H and O–H groups in total. The summed E-state index contributed by atoms with van der Waals surface area (Å²) in [6.07, 6.45) is 0. The molecule has 0 bridgehead atoms. The van der Waals surface area contributed by atoms with Crippen molar-refractivity contribution >= 4 is 81.3 Å². The van der Waals surface area contributed by atoms with Crippen LogP contribution in [0.25, 0.3) is 0 Å². The molecule has 0 aliphatic carbocycles. The summed E-state index contributed by atoms with van der Waals surface area (Å²) in [4.78, 5) is 24.6. The Morgan fingerprint density at radius 3 is 1.72 bits per heavy atom. The molecule has 8 heteroatoms. The molecule has 0 fully saturated rings. The zero-order chi connectivity index (χ0) is 19.0. The summed E-state index contributed by atoms with van der Waals surface area (Å²) in [5.74, 6) is -1.71. The molecular formula is C17H13Br4NO3. The lowest BCUT2D eigenvalue weighted by Crippen LogP contribution is -2.19. The number of carbonyl (C=O) groups is 2. The first-order chi connectivity index (χ1) is 11.6. The molecule has 2 rings (SSSR count). The van der Waals surface area contributed by atoms with Gasteiger partial charge in [-0.3, -0.25) is 4.79 Å². The highest BCUT2D eigenvalue weighted by Crippen LogP contribution is 2.42. The van der Waals surface area contributed by atoms with Crippen LogP contribution < -0.4 is 5.32 Å². The van der Waals surface area contributed by atoms with Crippen molar-refractivity contribution in [2.24, 2.45) is 0 Å². The average Bonchev–Trinajstić information content (AvgIpc) is 2.51. The van der Waals surface area contributed by atoms with E-state index in [9.17, 15) is 14.7 Å². The lowest BCUT2D eigenvalue weighted by molar-refractivity contribution is 0.0691. The van der Waals surface area contributed by atoms with Crippen LogP contribution in [-0.2, 0) is 0 Å². The van der Waals surface area contributed by atoms with E-state index in [0.717, 1.165) is 16.7 Å². The van der Waals surface area contributed by atoms with Crippen LogP contribution in [0.1, 0.15) is 37.4 Å². The van der Waals surface area contributed by atoms with E-state index in [1.807, 2.05) is 32.9 Å². The first-order valence-electron chi connectivity index (χ1n) is 7.04. The summed E-state index contributed by atoms with van der Waals surface area (Å²) >= 11 is 13.2. The van der Waals surface area contributed by atoms with Crippen LogP contribution in [0, 0.1) is 20.8 Å². The second-order valence-electron chi connectivity index (χ2n) is 5.54. The lowest BCUT2D eigenvalue weighted by Gasteiger charge is -2.17. The van der Waals surface area contributed by atoms with E-state index in [4.69, 9.17) is 0 Å². The summed E-state index contributed by atoms with van der Waals surface area (Å²) in [6.45, 7) is 5.78. The third-order valence-electron chi connectivity index (χ3n) is 3.62. The molecule has 0 heterocycles. The Morgan fingerprint density at radius 2 is 1.28 bits per heavy atom. The lowest BCUT2D eigenvalue weighted by atomic mass is 10.0. The van der Waals surface area contributed by atoms with Crippen LogP contribution in [0.5, 0.6) is 0 Å². The molecule has 0 aliphatic heterocycles. The molecule has 0 aromatic heterocycles. The highest BCUT2D eigenvalue weighted by Gasteiger charge is 2.28. The third kappa shape index (κ3) is 4.02. The van der Waals surface area contributed by atoms with E-state index >= 15 is 0 Å². The van der Waals surface area contributed by atoms with Gasteiger partial charge in [0.05, 0.1) is 11.1 Å². The van der Waals surface area contributed by atoms with Gasteiger partial charge < -0.3 is 10.4 Å². The number of carboxylic acid groups (broad SMARTS) is 1. The minimum absolute atomic E-state index is 0.0359. The quantitative estimate of drug-likeness (QED) is 0.309. The predicted molar refractivity (Wildman–Crippen MR) is 113 cm³/mol. The number of carbonyl (C=O) groups excluding carboxylic acids is 1. The average molecular weight is 599 g/mol. The van der Waals surface area contributed by atoms with E-state index < -0.39 is 11.9 Å². The first-order valence-corrected chi connectivity index (χ1v) is 10.2. The van der Waals surface area contributed by atoms with Crippen molar-refractivity contribution in [2.45, 2.75) is 20.8 Å². The number of nitrogens with one attached hydrogen (secondary N) is 1. The largest absolute Gasteiger partial charge is 0.478 e. The number of hydrogen-bond acceptors (Lipinski definition) is 2. The molecular weight excluding hydrogens is 586 g/mol. The third-order valence-corrected chi connectivity index (χ3v) is 8.39. The van der Waals surface area contributed by atoms with Gasteiger partial charge in [0.2, 0.25) is 0 Å². The molecule has 2 aromatic carbocycles. The maximum absolute atomic E-state index is 12.9. The van der Waals surface area contributed by atoms with Gasteiger partial charge in [-0.05, 0) is 95.6 Å². The van der Waals surface area contributed by atoms with Gasteiger partial charge in [-0.15, -0.1) is 0 Å². The van der Waals surface area contributed by atoms with Gasteiger partial charge in [0.25, 0.3) is 5.91 Å². The van der Waals surface area contributed by atoms with Crippen molar-refractivity contribution in [2.75, 3.05) is 5.32 Å².